The van der Waals surface area contributed by atoms with Gasteiger partial charge in [0.15, 0.2) is 0 Å². The molecule has 0 heteroatoms. The lowest BCUT2D eigenvalue weighted by Gasteiger charge is -2.44. The number of hydrogen-bond acceptors (Lipinski definition) is 0. The van der Waals surface area contributed by atoms with E-state index in [0.29, 0.717) is 5.41 Å². The molecule has 0 amide bonds. The lowest BCUT2D eigenvalue weighted by molar-refractivity contribution is 0.185. The minimum Gasteiger partial charge on any atom is -0.0591 e. The van der Waals surface area contributed by atoms with Crippen LogP contribution in [0.25, 0.3) is 0 Å². The van der Waals surface area contributed by atoms with Crippen LogP contribution in [0.3, 0.4) is 0 Å². The van der Waals surface area contributed by atoms with Gasteiger partial charge in [0.25, 0.3) is 0 Å². The van der Waals surface area contributed by atoms with Crippen molar-refractivity contribution >= 4 is 0 Å². The Labute approximate surface area is 70.4 Å². The van der Waals surface area contributed by atoms with E-state index in [1.54, 1.807) is 0 Å². The summed E-state index contributed by atoms with van der Waals surface area (Å²) in [5.74, 6) is 1.91. The third kappa shape index (κ3) is 1.32. The number of hydrogen-bond donors (Lipinski definition) is 0. The molecule has 0 heterocycles. The lowest BCUT2D eigenvalue weighted by Crippen LogP contribution is -2.31. The van der Waals surface area contributed by atoms with Gasteiger partial charge < -0.3 is 0 Å². The normalized spacial score (nSPS) is 31.4. The molecule has 0 atom stereocenters. The first-order valence-electron chi connectivity index (χ1n) is 5.16. The fraction of sp³-hybridized carbons (Fsp3) is 0.909. The summed E-state index contributed by atoms with van der Waals surface area (Å²) in [5, 5.41) is 0. The highest BCUT2D eigenvalue weighted by Gasteiger charge is 2.38. The molecule has 2 rings (SSSR count). The monoisotopic (exact) mass is 151 g/mol. The third-order valence-corrected chi connectivity index (χ3v) is 3.77. The van der Waals surface area contributed by atoms with Crippen LogP contribution in [0, 0.1) is 11.3 Å². The summed E-state index contributed by atoms with van der Waals surface area (Å²) in [5.41, 5.74) is 0.691. The van der Waals surface area contributed by atoms with Crippen LogP contribution in [0.5, 0.6) is 0 Å². The van der Waals surface area contributed by atoms with E-state index >= 15 is 0 Å². The van der Waals surface area contributed by atoms with E-state index in [9.17, 15) is 0 Å². The van der Waals surface area contributed by atoms with E-state index in [-0.39, 0.29) is 0 Å². The Morgan fingerprint density at radius 1 is 0.909 bits per heavy atom. The Morgan fingerprint density at radius 2 is 1.45 bits per heavy atom. The Kier molecular flexibility index (Phi) is 1.95. The molecule has 63 valence electrons. The molecule has 0 N–H and O–H groups in total. The molecule has 0 aromatic carbocycles. The summed E-state index contributed by atoms with van der Waals surface area (Å²) in [4.78, 5) is 0. The molecule has 0 nitrogen and oxygen atoms in total. The molecule has 0 aromatic rings. The van der Waals surface area contributed by atoms with Crippen LogP contribution in [0.1, 0.15) is 58.3 Å². The minimum atomic E-state index is 0.691. The van der Waals surface area contributed by atoms with Crippen molar-refractivity contribution in [2.45, 2.75) is 58.3 Å². The molecule has 0 aromatic heterocycles. The maximum atomic E-state index is 2.50. The maximum Gasteiger partial charge on any atom is -0.0182 e. The fourth-order valence-corrected chi connectivity index (χ4v) is 2.91. The van der Waals surface area contributed by atoms with E-state index in [1.165, 1.54) is 51.4 Å². The van der Waals surface area contributed by atoms with Crippen LogP contribution in [0.2, 0.25) is 0 Å². The predicted molar refractivity (Wildman–Crippen MR) is 48.3 cm³/mol. The van der Waals surface area contributed by atoms with Gasteiger partial charge in [0.2, 0.25) is 0 Å². The molecule has 0 spiro atoms. The van der Waals surface area contributed by atoms with Gasteiger partial charge in [-0.3, -0.25) is 0 Å². The van der Waals surface area contributed by atoms with Crippen LogP contribution in [0.15, 0.2) is 0 Å². The lowest BCUT2D eigenvalue weighted by atomic mass is 9.61. The standard InChI is InChI=1S/C11H19/c1-11-8-4-2-6-10(11)7-3-5-9-11/h2-9H2,1H3. The Bertz CT molecular complexity index is 125. The zero-order valence-corrected chi connectivity index (χ0v) is 7.66. The first-order valence-corrected chi connectivity index (χ1v) is 5.16. The number of rotatable bonds is 0. The first kappa shape index (κ1) is 7.64. The largest absolute Gasteiger partial charge is 0.0591 e. The molecule has 0 aliphatic heterocycles. The minimum absolute atomic E-state index is 0.691. The molecule has 0 unspecified atom stereocenters. The second-order valence-corrected chi connectivity index (χ2v) is 4.58. The summed E-state index contributed by atoms with van der Waals surface area (Å²) in [6.45, 7) is 2.50. The van der Waals surface area contributed by atoms with Crippen LogP contribution in [0.4, 0.5) is 0 Å². The zero-order chi connectivity index (χ0) is 7.73. The summed E-state index contributed by atoms with van der Waals surface area (Å²) >= 11 is 0. The van der Waals surface area contributed by atoms with Crippen molar-refractivity contribution in [3.05, 3.63) is 5.92 Å². The number of fused-ring (bicyclic) bond motifs is 1. The van der Waals surface area contributed by atoms with Gasteiger partial charge in [-0.15, -0.1) is 0 Å². The fourth-order valence-electron chi connectivity index (χ4n) is 2.91. The summed E-state index contributed by atoms with van der Waals surface area (Å²) in [6, 6.07) is 0. The molecule has 0 saturated heterocycles. The highest BCUT2D eigenvalue weighted by Crippen LogP contribution is 2.51. The molecule has 2 saturated carbocycles. The molecule has 2 fully saturated rings. The Hall–Kier alpha value is 0. The second-order valence-electron chi connectivity index (χ2n) is 4.58. The van der Waals surface area contributed by atoms with E-state index in [0.717, 1.165) is 0 Å². The highest BCUT2D eigenvalue weighted by molar-refractivity contribution is 5.09. The van der Waals surface area contributed by atoms with Gasteiger partial charge in [-0.25, -0.2) is 0 Å². The highest BCUT2D eigenvalue weighted by atomic mass is 14.4. The quantitative estimate of drug-likeness (QED) is 0.495. The summed E-state index contributed by atoms with van der Waals surface area (Å²) in [7, 11) is 0. The van der Waals surface area contributed by atoms with Gasteiger partial charge in [0.05, 0.1) is 0 Å². The van der Waals surface area contributed by atoms with Crippen molar-refractivity contribution in [1.29, 1.82) is 0 Å². The van der Waals surface area contributed by atoms with E-state index in [2.05, 4.69) is 6.92 Å². The first-order chi connectivity index (χ1) is 5.31. The van der Waals surface area contributed by atoms with Crippen molar-refractivity contribution in [3.8, 4) is 0 Å². The average Bonchev–Trinajstić information content (AvgIpc) is 2.03. The Balaban J connectivity index is 2.06. The van der Waals surface area contributed by atoms with Crippen molar-refractivity contribution in [2.75, 3.05) is 0 Å². The smallest absolute Gasteiger partial charge is 0.0182 e. The van der Waals surface area contributed by atoms with E-state index < -0.39 is 0 Å². The molecule has 2 aliphatic rings. The van der Waals surface area contributed by atoms with Crippen molar-refractivity contribution in [3.63, 3.8) is 0 Å². The topological polar surface area (TPSA) is 0 Å². The van der Waals surface area contributed by atoms with Gasteiger partial charge in [-0.2, -0.15) is 0 Å². The molecule has 11 heavy (non-hydrogen) atoms. The average molecular weight is 151 g/mol. The van der Waals surface area contributed by atoms with Crippen molar-refractivity contribution in [2.24, 2.45) is 5.41 Å². The van der Waals surface area contributed by atoms with E-state index in [4.69, 9.17) is 0 Å². The van der Waals surface area contributed by atoms with Gasteiger partial charge in [0.1, 0.15) is 0 Å². The van der Waals surface area contributed by atoms with Crippen LogP contribution >= 0.6 is 0 Å². The molecular weight excluding hydrogens is 132 g/mol. The molecular formula is C11H19. The second kappa shape index (κ2) is 2.80. The van der Waals surface area contributed by atoms with Crippen LogP contribution < -0.4 is 0 Å². The van der Waals surface area contributed by atoms with Gasteiger partial charge in [-0.05, 0) is 37.0 Å². The van der Waals surface area contributed by atoms with Gasteiger partial charge >= 0.3 is 0 Å². The molecule has 2 aliphatic carbocycles. The molecule has 1 radical (unpaired) electrons. The Morgan fingerprint density at radius 3 is 1.91 bits per heavy atom. The van der Waals surface area contributed by atoms with Gasteiger partial charge in [-0.1, -0.05) is 32.6 Å². The van der Waals surface area contributed by atoms with Crippen molar-refractivity contribution in [1.82, 2.24) is 0 Å². The van der Waals surface area contributed by atoms with Gasteiger partial charge in [0, 0.05) is 0 Å². The van der Waals surface area contributed by atoms with Crippen LogP contribution in [-0.2, 0) is 0 Å². The van der Waals surface area contributed by atoms with E-state index in [1.807, 2.05) is 5.92 Å². The summed E-state index contributed by atoms with van der Waals surface area (Å²) < 4.78 is 0. The SMILES string of the molecule is CC12CCCC[C]1CCCC2. The molecule has 0 bridgehead atoms. The summed E-state index contributed by atoms with van der Waals surface area (Å²) in [6.07, 6.45) is 11.8. The van der Waals surface area contributed by atoms with Crippen molar-refractivity contribution < 1.29 is 0 Å². The predicted octanol–water partition coefficient (Wildman–Crippen LogP) is 3.72. The maximum absolute atomic E-state index is 2.50. The van der Waals surface area contributed by atoms with Crippen LogP contribution in [-0.4, -0.2) is 0 Å². The zero-order valence-electron chi connectivity index (χ0n) is 7.66. The third-order valence-electron chi connectivity index (χ3n) is 3.77.